The second-order valence-corrected chi connectivity index (χ2v) is 18.9. The summed E-state index contributed by atoms with van der Waals surface area (Å²) in [5.74, 6) is -2.39. The molecule has 0 aromatic carbocycles. The molecule has 6 bridgehead atoms. The molecular weight excluding hydrogens is 697 g/mol. The van der Waals surface area contributed by atoms with Crippen LogP contribution in [0.15, 0.2) is 23.5 Å². The predicted octanol–water partition coefficient (Wildman–Crippen LogP) is 2.47. The van der Waals surface area contributed by atoms with Crippen molar-refractivity contribution in [1.82, 2.24) is 10.6 Å². The zero-order valence-corrected chi connectivity index (χ0v) is 31.1. The van der Waals surface area contributed by atoms with Crippen molar-refractivity contribution in [1.29, 1.82) is 0 Å². The zero-order chi connectivity index (χ0) is 36.1. The molecule has 6 fully saturated rings. The van der Waals surface area contributed by atoms with Crippen molar-refractivity contribution in [2.45, 2.75) is 132 Å². The normalized spacial score (nSPS) is 46.0. The van der Waals surface area contributed by atoms with Gasteiger partial charge in [0.15, 0.2) is 12.1 Å². The molecule has 8 N–H and O–H groups in total. The lowest BCUT2D eigenvalue weighted by Crippen LogP contribution is -2.70. The Labute approximate surface area is 308 Å². The first-order chi connectivity index (χ1) is 24.5. The molecule has 2 spiro atoms. The van der Waals surface area contributed by atoms with Gasteiger partial charge in [-0.15, -0.1) is 0 Å². The van der Waals surface area contributed by atoms with Gasteiger partial charge in [-0.05, 0) is 88.7 Å². The lowest BCUT2D eigenvalue weighted by Gasteiger charge is -2.55. The average Bonchev–Trinajstić information content (AvgIpc) is 3.60. The lowest BCUT2D eigenvalue weighted by atomic mass is 9.51. The Morgan fingerprint density at radius 2 is 1.80 bits per heavy atom. The highest BCUT2D eigenvalue weighted by molar-refractivity contribution is 8.76. The quantitative estimate of drug-likeness (QED) is 0.195. The first-order valence-electron chi connectivity index (χ1n) is 19.0. The van der Waals surface area contributed by atoms with Gasteiger partial charge in [0.05, 0.1) is 36.6 Å². The Morgan fingerprint density at radius 1 is 1.02 bits per heavy atom. The highest BCUT2D eigenvalue weighted by Crippen LogP contribution is 2.60. The topological polar surface area (TPSA) is 198 Å². The molecule has 0 amide bonds. The van der Waals surface area contributed by atoms with Crippen molar-refractivity contribution in [2.24, 2.45) is 34.5 Å². The Balaban J connectivity index is 1.32. The second kappa shape index (κ2) is 15.2. The lowest BCUT2D eigenvalue weighted by molar-refractivity contribution is -0.350. The summed E-state index contributed by atoms with van der Waals surface area (Å²) in [5, 5.41) is 75.0. The third-order valence-electron chi connectivity index (χ3n) is 13.6. The van der Waals surface area contributed by atoms with E-state index in [1.165, 1.54) is 10.8 Å². The summed E-state index contributed by atoms with van der Waals surface area (Å²) in [5.41, 5.74) is -3.31. The van der Waals surface area contributed by atoms with Gasteiger partial charge in [0.1, 0.15) is 40.9 Å². The van der Waals surface area contributed by atoms with Crippen LogP contribution in [0.25, 0.3) is 0 Å². The minimum atomic E-state index is -2.07. The Hall–Kier alpha value is -1.04. The van der Waals surface area contributed by atoms with Crippen LogP contribution < -0.4 is 10.6 Å². The molecule has 0 aromatic rings. The van der Waals surface area contributed by atoms with E-state index in [0.29, 0.717) is 43.6 Å². The Morgan fingerprint density at radius 3 is 2.55 bits per heavy atom. The van der Waals surface area contributed by atoms with Crippen LogP contribution in [0.2, 0.25) is 0 Å². The summed E-state index contributed by atoms with van der Waals surface area (Å²) in [6.07, 6.45) is 4.07. The fourth-order valence-corrected chi connectivity index (χ4v) is 14.0. The number of aliphatic hydroxyl groups is 6. The Kier molecular flexibility index (Phi) is 11.4. The van der Waals surface area contributed by atoms with Crippen LogP contribution in [0.1, 0.15) is 84.0 Å². The fraction of sp³-hybridized carbons (Fsp3) is 0.838. The zero-order valence-electron chi connectivity index (χ0n) is 29.5. The number of fused-ring (bicyclic) bond motifs is 5. The highest BCUT2D eigenvalue weighted by atomic mass is 33.1. The van der Waals surface area contributed by atoms with Crippen molar-refractivity contribution < 1.29 is 49.7 Å². The summed E-state index contributed by atoms with van der Waals surface area (Å²) in [4.78, 5) is 30.0. The van der Waals surface area contributed by atoms with E-state index < -0.39 is 71.3 Å². The molecule has 13 unspecified atom stereocenters. The average molecular weight is 753 g/mol. The molecule has 0 aromatic heterocycles. The number of hydrogen-bond donors (Lipinski definition) is 8. The number of Topliss-reactive ketones (excluding diaryl/α,β-unsaturated/α-hetero) is 2. The van der Waals surface area contributed by atoms with Crippen molar-refractivity contribution in [3.8, 4) is 0 Å². The van der Waals surface area contributed by atoms with Crippen molar-refractivity contribution >= 4 is 33.2 Å². The van der Waals surface area contributed by atoms with Crippen molar-refractivity contribution in [3.05, 3.63) is 23.5 Å². The van der Waals surface area contributed by atoms with Gasteiger partial charge in [0.25, 0.3) is 0 Å². The van der Waals surface area contributed by atoms with Crippen LogP contribution >= 0.6 is 21.6 Å². The van der Waals surface area contributed by atoms with Gasteiger partial charge < -0.3 is 45.4 Å². The summed E-state index contributed by atoms with van der Waals surface area (Å²) >= 11 is 0. The minimum absolute atomic E-state index is 0.0364. The molecule has 3 saturated carbocycles. The number of carbonyl (C=O) groups excluding carboxylic acids is 2. The molecule has 14 heteroatoms. The number of ketones is 2. The molecule has 3 heterocycles. The van der Waals surface area contributed by atoms with Crippen LogP contribution in [0, 0.1) is 34.5 Å². The van der Waals surface area contributed by atoms with Crippen LogP contribution in [0.3, 0.4) is 0 Å². The predicted molar refractivity (Wildman–Crippen MR) is 192 cm³/mol. The van der Waals surface area contributed by atoms with Crippen LogP contribution in [0.4, 0.5) is 0 Å². The summed E-state index contributed by atoms with van der Waals surface area (Å²) in [7, 11) is 3.02. The maximum atomic E-state index is 15.3. The molecule has 4 aliphatic carbocycles. The summed E-state index contributed by atoms with van der Waals surface area (Å²) in [6, 6.07) is 0. The maximum Gasteiger partial charge on any atom is 0.187 e. The molecule has 286 valence electrons. The van der Waals surface area contributed by atoms with E-state index >= 15 is 4.79 Å². The maximum absolute atomic E-state index is 15.3. The highest BCUT2D eigenvalue weighted by Gasteiger charge is 2.67. The fourth-order valence-electron chi connectivity index (χ4n) is 11.1. The number of piperidine rings is 1. The SMILES string of the molecule is CC1=CC2C(=O)C3CCCC4OC5OC(CO)C(O)C(O)(CC6(CCCC6)C6CCNC(C6)NCSSC(CCCO)C2(C(=O)C43)C(O)=C1)C5O. The van der Waals surface area contributed by atoms with Gasteiger partial charge in [0, 0.05) is 17.8 Å². The van der Waals surface area contributed by atoms with Crippen LogP contribution in [-0.2, 0) is 19.1 Å². The molecule has 7 aliphatic rings. The van der Waals surface area contributed by atoms with E-state index in [-0.39, 0.29) is 47.9 Å². The van der Waals surface area contributed by atoms with Gasteiger partial charge in [0.2, 0.25) is 0 Å². The molecule has 51 heavy (non-hydrogen) atoms. The number of aliphatic hydroxyl groups excluding tert-OH is 5. The van der Waals surface area contributed by atoms with E-state index in [9.17, 15) is 35.4 Å². The van der Waals surface area contributed by atoms with E-state index in [2.05, 4.69) is 10.6 Å². The molecular formula is C37H56N2O10S2. The first kappa shape index (κ1) is 38.2. The third kappa shape index (κ3) is 6.49. The smallest absolute Gasteiger partial charge is 0.187 e. The van der Waals surface area contributed by atoms with Gasteiger partial charge in [-0.2, -0.15) is 0 Å². The van der Waals surface area contributed by atoms with Gasteiger partial charge in [-0.3, -0.25) is 14.9 Å². The Bertz CT molecular complexity index is 1380. The van der Waals surface area contributed by atoms with Gasteiger partial charge in [-0.1, -0.05) is 52.5 Å². The van der Waals surface area contributed by atoms with Crippen molar-refractivity contribution in [3.63, 3.8) is 0 Å². The monoisotopic (exact) mass is 752 g/mol. The van der Waals surface area contributed by atoms with Crippen molar-refractivity contribution in [2.75, 3.05) is 25.6 Å². The van der Waals surface area contributed by atoms with Gasteiger partial charge in [-0.25, -0.2) is 0 Å². The molecule has 3 aliphatic heterocycles. The molecule has 0 radical (unpaired) electrons. The van der Waals surface area contributed by atoms with E-state index in [1.807, 2.05) is 13.0 Å². The molecule has 7 rings (SSSR count). The van der Waals surface area contributed by atoms with E-state index in [4.69, 9.17) is 9.47 Å². The summed E-state index contributed by atoms with van der Waals surface area (Å²) in [6.45, 7) is 1.85. The van der Waals surface area contributed by atoms with Gasteiger partial charge >= 0.3 is 0 Å². The largest absolute Gasteiger partial charge is 0.511 e. The standard InChI is InChI=1S/C37H56N2O10S2/c1-20-14-23-30(43)22-6-4-7-24-29(22)32(45)37(23,26(42)15-20)27(8-5-13-40)51-50-19-39-28-16-21(9-12-38-28)35(10-2-3-11-35)18-36(47)31(44)25(17-41)49-34(48-24)33(36)46/h14-15,21-25,27-29,31,33-34,38-42,44,46-47H,2-13,16-19H2,1H3. The van der Waals surface area contributed by atoms with E-state index in [0.717, 1.165) is 45.1 Å². The number of carbonyl (C=O) groups is 2. The third-order valence-corrected chi connectivity index (χ3v) is 16.3. The molecule has 13 atom stereocenters. The number of ether oxygens (including phenoxy) is 2. The number of rotatable bonds is 4. The van der Waals surface area contributed by atoms with E-state index in [1.54, 1.807) is 16.9 Å². The molecule has 3 saturated heterocycles. The number of hydrogen-bond acceptors (Lipinski definition) is 14. The first-order valence-corrected chi connectivity index (χ1v) is 21.4. The van der Waals surface area contributed by atoms with Crippen LogP contribution in [0.5, 0.6) is 0 Å². The molecule has 12 nitrogen and oxygen atoms in total. The second-order valence-electron chi connectivity index (χ2n) is 16.3. The minimum Gasteiger partial charge on any atom is -0.511 e. The summed E-state index contributed by atoms with van der Waals surface area (Å²) < 4.78 is 12.6. The van der Waals surface area contributed by atoms with Crippen LogP contribution in [-0.4, -0.2) is 116 Å². The number of nitrogens with one attached hydrogen (secondary N) is 2. The number of allylic oxidation sites excluding steroid dienone is 4.